The van der Waals surface area contributed by atoms with Crippen molar-refractivity contribution >= 4 is 5.82 Å². The van der Waals surface area contributed by atoms with Crippen molar-refractivity contribution in [3.05, 3.63) is 59.9 Å². The van der Waals surface area contributed by atoms with E-state index in [1.54, 1.807) is 24.3 Å². The van der Waals surface area contributed by atoms with Crippen molar-refractivity contribution in [2.45, 2.75) is 0 Å². The molecule has 0 unspecified atom stereocenters. The number of aromatic nitrogens is 1. The van der Waals surface area contributed by atoms with Gasteiger partial charge in [-0.25, -0.2) is 13.2 Å². The molecular weight excluding hydrogens is 281 g/mol. The molecule has 3 nitrogen and oxygen atoms in total. The van der Waals surface area contributed by atoms with Crippen LogP contribution in [0.2, 0.25) is 0 Å². The normalized spacial score (nSPS) is 10.8. The molecule has 0 aliphatic rings. The number of nitrogens with zero attached hydrogens (tertiary/aromatic N) is 1. The Morgan fingerprint density at radius 3 is 2.14 bits per heavy atom. The summed E-state index contributed by atoms with van der Waals surface area (Å²) in [5.41, 5.74) is 6.85. The zero-order chi connectivity index (χ0) is 15.0. The number of nitrogens with two attached hydrogens (primary N) is 1. The SMILES string of the molecule is Nc1noc(-c2cc(F)c(F)c(F)c2)c1-c1ccccc1. The van der Waals surface area contributed by atoms with Crippen molar-refractivity contribution in [2.24, 2.45) is 0 Å². The van der Waals surface area contributed by atoms with Crippen LogP contribution in [0.1, 0.15) is 0 Å². The maximum atomic E-state index is 13.4. The van der Waals surface area contributed by atoms with Crippen molar-refractivity contribution < 1.29 is 17.7 Å². The Morgan fingerprint density at radius 2 is 1.52 bits per heavy atom. The van der Waals surface area contributed by atoms with Crippen molar-refractivity contribution in [2.75, 3.05) is 5.73 Å². The van der Waals surface area contributed by atoms with Crippen LogP contribution in [0.15, 0.2) is 47.0 Å². The zero-order valence-corrected chi connectivity index (χ0v) is 10.6. The van der Waals surface area contributed by atoms with E-state index >= 15 is 0 Å². The van der Waals surface area contributed by atoms with E-state index in [1.165, 1.54) is 0 Å². The topological polar surface area (TPSA) is 52.0 Å². The minimum Gasteiger partial charge on any atom is -0.380 e. The van der Waals surface area contributed by atoms with E-state index < -0.39 is 17.5 Å². The summed E-state index contributed by atoms with van der Waals surface area (Å²) in [7, 11) is 0. The van der Waals surface area contributed by atoms with Crippen LogP contribution >= 0.6 is 0 Å². The minimum absolute atomic E-state index is 0.0226. The van der Waals surface area contributed by atoms with Crippen LogP contribution in [0, 0.1) is 17.5 Å². The average Bonchev–Trinajstić information content (AvgIpc) is 2.87. The average molecular weight is 290 g/mol. The molecule has 106 valence electrons. The quantitative estimate of drug-likeness (QED) is 0.725. The van der Waals surface area contributed by atoms with Crippen LogP contribution in [0.3, 0.4) is 0 Å². The molecule has 2 N–H and O–H groups in total. The predicted molar refractivity (Wildman–Crippen MR) is 71.7 cm³/mol. The van der Waals surface area contributed by atoms with Gasteiger partial charge in [-0.05, 0) is 17.7 Å². The molecule has 0 radical (unpaired) electrons. The molecule has 21 heavy (non-hydrogen) atoms. The molecule has 2 aromatic carbocycles. The highest BCUT2D eigenvalue weighted by Gasteiger charge is 2.20. The molecule has 1 heterocycles. The Kier molecular flexibility index (Phi) is 3.13. The molecule has 3 rings (SSSR count). The van der Waals surface area contributed by atoms with Gasteiger partial charge in [-0.15, -0.1) is 0 Å². The Morgan fingerprint density at radius 1 is 0.905 bits per heavy atom. The number of anilines is 1. The zero-order valence-electron chi connectivity index (χ0n) is 10.6. The summed E-state index contributed by atoms with van der Waals surface area (Å²) in [4.78, 5) is 0. The smallest absolute Gasteiger partial charge is 0.194 e. The fourth-order valence-corrected chi connectivity index (χ4v) is 2.07. The van der Waals surface area contributed by atoms with Gasteiger partial charge in [0.2, 0.25) is 0 Å². The van der Waals surface area contributed by atoms with E-state index in [1.807, 2.05) is 6.07 Å². The maximum absolute atomic E-state index is 13.4. The highest BCUT2D eigenvalue weighted by atomic mass is 19.2. The van der Waals surface area contributed by atoms with Crippen molar-refractivity contribution in [3.8, 4) is 22.5 Å². The van der Waals surface area contributed by atoms with Gasteiger partial charge >= 0.3 is 0 Å². The first-order valence-electron chi connectivity index (χ1n) is 6.03. The fourth-order valence-electron chi connectivity index (χ4n) is 2.07. The third-order valence-corrected chi connectivity index (χ3v) is 3.03. The molecule has 3 aromatic rings. The van der Waals surface area contributed by atoms with Crippen LogP contribution in [0.5, 0.6) is 0 Å². The minimum atomic E-state index is -1.53. The molecule has 0 saturated heterocycles. The van der Waals surface area contributed by atoms with Crippen LogP contribution in [-0.4, -0.2) is 5.16 Å². The first-order chi connectivity index (χ1) is 10.1. The van der Waals surface area contributed by atoms with Gasteiger partial charge in [0.15, 0.2) is 29.0 Å². The summed E-state index contributed by atoms with van der Waals surface area (Å²) < 4.78 is 44.8. The van der Waals surface area contributed by atoms with Gasteiger partial charge in [-0.2, -0.15) is 0 Å². The lowest BCUT2D eigenvalue weighted by atomic mass is 10.0. The van der Waals surface area contributed by atoms with E-state index in [0.29, 0.717) is 11.1 Å². The van der Waals surface area contributed by atoms with Gasteiger partial charge in [0.25, 0.3) is 0 Å². The summed E-state index contributed by atoms with van der Waals surface area (Å²) in [6.45, 7) is 0. The number of benzene rings is 2. The molecule has 0 atom stereocenters. The summed E-state index contributed by atoms with van der Waals surface area (Å²) in [5.74, 6) is -3.98. The van der Waals surface area contributed by atoms with Gasteiger partial charge in [0.1, 0.15) is 0 Å². The van der Waals surface area contributed by atoms with E-state index in [-0.39, 0.29) is 17.1 Å². The fraction of sp³-hybridized carbons (Fsp3) is 0. The largest absolute Gasteiger partial charge is 0.380 e. The Balaban J connectivity index is 2.21. The van der Waals surface area contributed by atoms with Crippen LogP contribution < -0.4 is 5.73 Å². The second-order valence-corrected chi connectivity index (χ2v) is 4.39. The number of nitrogen functional groups attached to an aromatic ring is 1. The monoisotopic (exact) mass is 290 g/mol. The molecule has 0 bridgehead atoms. The van der Waals surface area contributed by atoms with Gasteiger partial charge in [0.05, 0.1) is 5.56 Å². The van der Waals surface area contributed by atoms with E-state index in [0.717, 1.165) is 12.1 Å². The number of halogens is 3. The first kappa shape index (κ1) is 13.2. The van der Waals surface area contributed by atoms with Crippen molar-refractivity contribution in [1.82, 2.24) is 5.16 Å². The van der Waals surface area contributed by atoms with Crippen LogP contribution in [0.25, 0.3) is 22.5 Å². The van der Waals surface area contributed by atoms with Gasteiger partial charge < -0.3 is 10.3 Å². The molecule has 0 fully saturated rings. The first-order valence-corrected chi connectivity index (χ1v) is 6.03. The molecule has 0 aliphatic carbocycles. The number of rotatable bonds is 2. The summed E-state index contributed by atoms with van der Waals surface area (Å²) in [6.07, 6.45) is 0. The lowest BCUT2D eigenvalue weighted by Crippen LogP contribution is -1.93. The lowest BCUT2D eigenvalue weighted by Gasteiger charge is -2.04. The van der Waals surface area contributed by atoms with Crippen molar-refractivity contribution in [3.63, 3.8) is 0 Å². The van der Waals surface area contributed by atoms with Crippen molar-refractivity contribution in [1.29, 1.82) is 0 Å². The highest BCUT2D eigenvalue weighted by molar-refractivity contribution is 5.86. The number of hydrogen-bond donors (Lipinski definition) is 1. The summed E-state index contributed by atoms with van der Waals surface area (Å²) in [6, 6.07) is 10.5. The molecule has 1 aromatic heterocycles. The molecule has 0 saturated carbocycles. The second-order valence-electron chi connectivity index (χ2n) is 4.39. The molecule has 0 aliphatic heterocycles. The lowest BCUT2D eigenvalue weighted by molar-refractivity contribution is 0.430. The van der Waals surface area contributed by atoms with E-state index in [2.05, 4.69) is 5.16 Å². The van der Waals surface area contributed by atoms with E-state index in [9.17, 15) is 13.2 Å². The number of hydrogen-bond acceptors (Lipinski definition) is 3. The molecule has 6 heteroatoms. The Bertz CT molecular complexity index is 777. The van der Waals surface area contributed by atoms with Gasteiger partial charge in [-0.1, -0.05) is 35.5 Å². The Hall–Kier alpha value is -2.76. The third kappa shape index (κ3) is 2.24. The van der Waals surface area contributed by atoms with Crippen LogP contribution in [0.4, 0.5) is 19.0 Å². The second kappa shape index (κ2) is 4.97. The molecule has 0 amide bonds. The summed E-state index contributed by atoms with van der Waals surface area (Å²) >= 11 is 0. The Labute approximate surface area is 117 Å². The van der Waals surface area contributed by atoms with Gasteiger partial charge in [0, 0.05) is 5.56 Å². The summed E-state index contributed by atoms with van der Waals surface area (Å²) in [5, 5.41) is 3.62. The van der Waals surface area contributed by atoms with Crippen LogP contribution in [-0.2, 0) is 0 Å². The maximum Gasteiger partial charge on any atom is 0.194 e. The van der Waals surface area contributed by atoms with E-state index in [4.69, 9.17) is 10.3 Å². The highest BCUT2D eigenvalue weighted by Crippen LogP contribution is 2.37. The predicted octanol–water partition coefficient (Wildman–Crippen LogP) is 4.01. The standard InChI is InChI=1S/C15H9F3N2O/c16-10-6-9(7-11(17)13(10)18)14-12(15(19)20-21-14)8-4-2-1-3-5-8/h1-7H,(H2,19,20). The van der Waals surface area contributed by atoms with Gasteiger partial charge in [-0.3, -0.25) is 0 Å². The molecular formula is C15H9F3N2O. The third-order valence-electron chi connectivity index (χ3n) is 3.03. The molecule has 0 spiro atoms.